The summed E-state index contributed by atoms with van der Waals surface area (Å²) in [5.74, 6) is -0.853. The summed E-state index contributed by atoms with van der Waals surface area (Å²) in [5, 5.41) is 17.6. The van der Waals surface area contributed by atoms with Gasteiger partial charge in [-0.2, -0.15) is 5.26 Å². The molecule has 0 unspecified atom stereocenters. The number of carboxylic acid groups (broad SMARTS) is 1. The fourth-order valence-corrected chi connectivity index (χ4v) is 1.49. The molecule has 0 atom stereocenters. The predicted octanol–water partition coefficient (Wildman–Crippen LogP) is 1.02. The zero-order valence-corrected chi connectivity index (χ0v) is 8.66. The Morgan fingerprint density at radius 1 is 1.53 bits per heavy atom. The number of imidazole rings is 1. The lowest BCUT2D eigenvalue weighted by Gasteiger charge is -2.08. The van der Waals surface area contributed by atoms with Crippen LogP contribution in [0, 0.1) is 11.3 Å². The van der Waals surface area contributed by atoms with Crippen molar-refractivity contribution in [2.45, 2.75) is 0 Å². The van der Waals surface area contributed by atoms with Crippen molar-refractivity contribution in [1.29, 1.82) is 5.26 Å². The lowest BCUT2D eigenvalue weighted by Crippen LogP contribution is -2.04. The summed E-state index contributed by atoms with van der Waals surface area (Å²) in [6.07, 6.45) is 3.06. The van der Waals surface area contributed by atoms with E-state index in [1.807, 2.05) is 6.07 Å². The second-order valence-electron chi connectivity index (χ2n) is 3.31. The maximum Gasteiger partial charge on any atom is 0.335 e. The van der Waals surface area contributed by atoms with Gasteiger partial charge >= 0.3 is 5.97 Å². The summed E-state index contributed by atoms with van der Waals surface area (Å²) in [7, 11) is 0. The Kier molecular flexibility index (Phi) is 2.51. The maximum absolute atomic E-state index is 10.7. The number of nitrogens with two attached hydrogens (primary N) is 1. The van der Waals surface area contributed by atoms with E-state index in [0.717, 1.165) is 0 Å². The summed E-state index contributed by atoms with van der Waals surface area (Å²) >= 11 is 0. The minimum absolute atomic E-state index is 0.102. The Hall–Kier alpha value is -2.81. The summed E-state index contributed by atoms with van der Waals surface area (Å²) in [5.41, 5.74) is 6.66. The van der Waals surface area contributed by atoms with Gasteiger partial charge in [-0.3, -0.25) is 4.57 Å². The molecule has 0 amide bonds. The van der Waals surface area contributed by atoms with Gasteiger partial charge in [-0.1, -0.05) is 0 Å². The molecule has 3 N–H and O–H groups in total. The summed E-state index contributed by atoms with van der Waals surface area (Å²) in [4.78, 5) is 14.6. The number of nitriles is 1. The zero-order valence-electron chi connectivity index (χ0n) is 8.66. The first-order valence-electron chi connectivity index (χ1n) is 4.70. The van der Waals surface area contributed by atoms with E-state index in [1.54, 1.807) is 12.3 Å². The second kappa shape index (κ2) is 3.98. The molecule has 2 rings (SSSR count). The topological polar surface area (TPSA) is 105 Å². The van der Waals surface area contributed by atoms with Gasteiger partial charge in [0.1, 0.15) is 6.07 Å². The van der Waals surface area contributed by atoms with Crippen molar-refractivity contribution in [2.24, 2.45) is 0 Å². The van der Waals surface area contributed by atoms with Gasteiger partial charge in [-0.15, -0.1) is 0 Å². The second-order valence-corrected chi connectivity index (χ2v) is 3.31. The molecule has 0 aliphatic rings. The fraction of sp³-hybridized carbons (Fsp3) is 0. The third kappa shape index (κ3) is 1.81. The predicted molar refractivity (Wildman–Crippen MR) is 59.7 cm³/mol. The lowest BCUT2D eigenvalue weighted by atomic mass is 10.1. The van der Waals surface area contributed by atoms with E-state index in [2.05, 4.69) is 4.98 Å². The van der Waals surface area contributed by atoms with Crippen LogP contribution in [0.15, 0.2) is 30.6 Å². The number of aromatic nitrogens is 2. The molecule has 0 fully saturated rings. The first-order chi connectivity index (χ1) is 8.13. The number of nitrogen functional groups attached to an aromatic ring is 1. The molecule has 6 heteroatoms. The highest BCUT2D eigenvalue weighted by Gasteiger charge is 2.10. The number of nitrogens with zero attached hydrogens (tertiary/aromatic N) is 3. The molecule has 6 nitrogen and oxygen atoms in total. The highest BCUT2D eigenvalue weighted by Crippen LogP contribution is 2.20. The quantitative estimate of drug-likeness (QED) is 0.746. The van der Waals surface area contributed by atoms with Crippen molar-refractivity contribution in [1.82, 2.24) is 9.55 Å². The molecular formula is C11H8N4O2. The van der Waals surface area contributed by atoms with Gasteiger partial charge < -0.3 is 10.8 Å². The molecule has 1 heterocycles. The number of anilines is 1. The van der Waals surface area contributed by atoms with E-state index in [1.165, 1.54) is 22.9 Å². The van der Waals surface area contributed by atoms with Gasteiger partial charge in [-0.05, 0) is 18.2 Å². The molecule has 0 aliphatic heterocycles. The Labute approximate surface area is 96.5 Å². The molecule has 0 saturated carbocycles. The van der Waals surface area contributed by atoms with E-state index in [0.29, 0.717) is 5.69 Å². The van der Waals surface area contributed by atoms with Crippen molar-refractivity contribution in [2.75, 3.05) is 5.73 Å². The summed E-state index contributed by atoms with van der Waals surface area (Å²) < 4.78 is 1.50. The Bertz CT molecular complexity index is 625. The number of carboxylic acids is 1. The van der Waals surface area contributed by atoms with Crippen LogP contribution in [-0.2, 0) is 0 Å². The minimum Gasteiger partial charge on any atom is -0.478 e. The first-order valence-corrected chi connectivity index (χ1v) is 4.70. The third-order valence-corrected chi connectivity index (χ3v) is 2.27. The first kappa shape index (κ1) is 10.7. The van der Waals surface area contributed by atoms with Crippen LogP contribution < -0.4 is 5.73 Å². The number of hydrogen-bond acceptors (Lipinski definition) is 4. The molecule has 1 aromatic carbocycles. The normalized spacial score (nSPS) is 9.82. The molecule has 84 valence electrons. The van der Waals surface area contributed by atoms with Crippen molar-refractivity contribution < 1.29 is 9.90 Å². The van der Waals surface area contributed by atoms with Gasteiger partial charge in [0, 0.05) is 12.4 Å². The van der Waals surface area contributed by atoms with Gasteiger partial charge in [0.05, 0.1) is 16.9 Å². The van der Waals surface area contributed by atoms with Crippen LogP contribution in [0.5, 0.6) is 0 Å². The van der Waals surface area contributed by atoms with E-state index in [9.17, 15) is 4.79 Å². The molecular weight excluding hydrogens is 220 g/mol. The summed E-state index contributed by atoms with van der Waals surface area (Å²) in [6.45, 7) is 0. The van der Waals surface area contributed by atoms with Crippen molar-refractivity contribution in [3.63, 3.8) is 0 Å². The SMILES string of the molecule is N#Cc1nccn1-c1ccc(C(=O)O)cc1N. The van der Waals surface area contributed by atoms with Crippen molar-refractivity contribution in [3.8, 4) is 11.8 Å². The smallest absolute Gasteiger partial charge is 0.335 e. The van der Waals surface area contributed by atoms with E-state index in [4.69, 9.17) is 16.1 Å². The number of rotatable bonds is 2. The van der Waals surface area contributed by atoms with E-state index in [-0.39, 0.29) is 17.1 Å². The van der Waals surface area contributed by atoms with Gasteiger partial charge in [0.25, 0.3) is 0 Å². The Morgan fingerprint density at radius 3 is 2.88 bits per heavy atom. The van der Waals surface area contributed by atoms with Crippen molar-refractivity contribution >= 4 is 11.7 Å². The standard InChI is InChI=1S/C11H8N4O2/c12-6-10-14-3-4-15(10)9-2-1-7(11(16)17)5-8(9)13/h1-5H,13H2,(H,16,17). The molecule has 1 aromatic heterocycles. The largest absolute Gasteiger partial charge is 0.478 e. The molecule has 0 spiro atoms. The highest BCUT2D eigenvalue weighted by atomic mass is 16.4. The number of hydrogen-bond donors (Lipinski definition) is 2. The maximum atomic E-state index is 10.7. The number of carbonyl (C=O) groups is 1. The van der Waals surface area contributed by atoms with E-state index < -0.39 is 5.97 Å². The van der Waals surface area contributed by atoms with Crippen LogP contribution in [-0.4, -0.2) is 20.6 Å². The zero-order chi connectivity index (χ0) is 12.4. The van der Waals surface area contributed by atoms with Crippen LogP contribution in [0.2, 0.25) is 0 Å². The average Bonchev–Trinajstić information content (AvgIpc) is 2.76. The molecule has 0 aliphatic carbocycles. The van der Waals surface area contributed by atoms with Crippen LogP contribution >= 0.6 is 0 Å². The molecule has 2 aromatic rings. The fourth-order valence-electron chi connectivity index (χ4n) is 1.49. The third-order valence-electron chi connectivity index (χ3n) is 2.27. The van der Waals surface area contributed by atoms with Crippen molar-refractivity contribution in [3.05, 3.63) is 42.0 Å². The lowest BCUT2D eigenvalue weighted by molar-refractivity contribution is 0.0697. The van der Waals surface area contributed by atoms with Gasteiger partial charge in [-0.25, -0.2) is 9.78 Å². The number of benzene rings is 1. The Morgan fingerprint density at radius 2 is 2.29 bits per heavy atom. The number of aromatic carboxylic acids is 1. The van der Waals surface area contributed by atoms with Crippen LogP contribution in [0.4, 0.5) is 5.69 Å². The molecule has 17 heavy (non-hydrogen) atoms. The van der Waals surface area contributed by atoms with Crippen LogP contribution in [0.1, 0.15) is 16.2 Å². The molecule has 0 saturated heterocycles. The highest BCUT2D eigenvalue weighted by molar-refractivity contribution is 5.89. The van der Waals surface area contributed by atoms with Crippen LogP contribution in [0.3, 0.4) is 0 Å². The van der Waals surface area contributed by atoms with Gasteiger partial charge in [0.15, 0.2) is 0 Å². The van der Waals surface area contributed by atoms with Gasteiger partial charge in [0.2, 0.25) is 5.82 Å². The van der Waals surface area contributed by atoms with E-state index >= 15 is 0 Å². The molecule has 0 bridgehead atoms. The Balaban J connectivity index is 2.55. The molecule has 0 radical (unpaired) electrons. The average molecular weight is 228 g/mol. The van der Waals surface area contributed by atoms with Crippen LogP contribution in [0.25, 0.3) is 5.69 Å². The minimum atomic E-state index is -1.05. The monoisotopic (exact) mass is 228 g/mol. The summed E-state index contributed by atoms with van der Waals surface area (Å²) in [6, 6.07) is 6.23.